The Kier molecular flexibility index (Phi) is 5.22. The van der Waals surface area contributed by atoms with E-state index in [1.165, 1.54) is 32.1 Å². The molecule has 0 atom stereocenters. The summed E-state index contributed by atoms with van der Waals surface area (Å²) in [5, 5.41) is 0. The van der Waals surface area contributed by atoms with Gasteiger partial charge in [-0.1, -0.05) is 19.3 Å². The molecule has 0 unspecified atom stereocenters. The van der Waals surface area contributed by atoms with E-state index in [9.17, 15) is 0 Å². The molecule has 16 heavy (non-hydrogen) atoms. The van der Waals surface area contributed by atoms with Gasteiger partial charge in [-0.3, -0.25) is 4.99 Å². The van der Waals surface area contributed by atoms with Gasteiger partial charge in [-0.25, -0.2) is 5.84 Å². The highest BCUT2D eigenvalue weighted by Gasteiger charge is 2.20. The van der Waals surface area contributed by atoms with Crippen LogP contribution in [0.5, 0.6) is 0 Å². The zero-order chi connectivity index (χ0) is 12.0. The van der Waals surface area contributed by atoms with Gasteiger partial charge in [0.1, 0.15) is 5.84 Å². The van der Waals surface area contributed by atoms with Crippen LogP contribution in [0.3, 0.4) is 0 Å². The average Bonchev–Trinajstić information content (AvgIpc) is 2.29. The van der Waals surface area contributed by atoms with Gasteiger partial charge in [0.05, 0.1) is 11.6 Å². The number of hydrogen-bond acceptors (Lipinski definition) is 3. The van der Waals surface area contributed by atoms with Crippen molar-refractivity contribution in [2.45, 2.75) is 64.0 Å². The second-order valence-corrected chi connectivity index (χ2v) is 5.15. The Morgan fingerprint density at radius 1 is 1.38 bits per heavy atom. The number of hydrogen-bond donors (Lipinski definition) is 2. The quantitative estimate of drug-likeness (QED) is 0.334. The molecule has 0 amide bonds. The van der Waals surface area contributed by atoms with E-state index >= 15 is 0 Å². The fourth-order valence-electron chi connectivity index (χ4n) is 2.04. The van der Waals surface area contributed by atoms with Gasteiger partial charge >= 0.3 is 0 Å². The first-order valence-corrected chi connectivity index (χ1v) is 6.16. The van der Waals surface area contributed by atoms with E-state index in [4.69, 9.17) is 10.6 Å². The number of hydrazine groups is 1. The fraction of sp³-hybridized carbons (Fsp3) is 0.917. The summed E-state index contributed by atoms with van der Waals surface area (Å²) in [5.41, 5.74) is 2.50. The maximum Gasteiger partial charge on any atom is 0.113 e. The van der Waals surface area contributed by atoms with Crippen LogP contribution in [0, 0.1) is 0 Å². The zero-order valence-electron chi connectivity index (χ0n) is 10.8. The number of nitrogens with one attached hydrogen (secondary N) is 1. The predicted molar refractivity (Wildman–Crippen MR) is 67.3 cm³/mol. The minimum atomic E-state index is -0.208. The maximum atomic E-state index is 5.52. The molecule has 0 aromatic heterocycles. The van der Waals surface area contributed by atoms with Crippen molar-refractivity contribution in [1.29, 1.82) is 0 Å². The third-order valence-electron chi connectivity index (χ3n) is 3.23. The topological polar surface area (TPSA) is 59.6 Å². The van der Waals surface area contributed by atoms with E-state index < -0.39 is 0 Å². The normalized spacial score (nSPS) is 19.9. The van der Waals surface area contributed by atoms with Crippen LogP contribution in [0.25, 0.3) is 0 Å². The highest BCUT2D eigenvalue weighted by Crippen LogP contribution is 2.21. The highest BCUT2D eigenvalue weighted by atomic mass is 16.5. The Morgan fingerprint density at radius 3 is 2.50 bits per heavy atom. The summed E-state index contributed by atoms with van der Waals surface area (Å²) in [6, 6.07) is 0.451. The Bertz CT molecular complexity index is 232. The number of aliphatic imine (C=N–C) groups is 1. The lowest BCUT2D eigenvalue weighted by atomic mass is 9.95. The van der Waals surface area contributed by atoms with E-state index in [1.54, 1.807) is 7.11 Å². The third kappa shape index (κ3) is 4.49. The van der Waals surface area contributed by atoms with E-state index in [0.29, 0.717) is 6.04 Å². The lowest BCUT2D eigenvalue weighted by Crippen LogP contribution is -2.38. The van der Waals surface area contributed by atoms with Gasteiger partial charge in [0.25, 0.3) is 0 Å². The van der Waals surface area contributed by atoms with Gasteiger partial charge in [-0.15, -0.1) is 0 Å². The molecule has 0 spiro atoms. The summed E-state index contributed by atoms with van der Waals surface area (Å²) >= 11 is 0. The Hall–Kier alpha value is -0.610. The highest BCUT2D eigenvalue weighted by molar-refractivity contribution is 5.82. The lowest BCUT2D eigenvalue weighted by molar-refractivity contribution is 0.0285. The molecule has 1 aliphatic rings. The smallest absolute Gasteiger partial charge is 0.113 e. The maximum absolute atomic E-state index is 5.52. The monoisotopic (exact) mass is 227 g/mol. The molecule has 0 bridgehead atoms. The van der Waals surface area contributed by atoms with Crippen molar-refractivity contribution in [2.75, 3.05) is 7.11 Å². The van der Waals surface area contributed by atoms with Crippen molar-refractivity contribution in [3.8, 4) is 0 Å². The molecule has 0 aromatic carbocycles. The van der Waals surface area contributed by atoms with E-state index in [0.717, 1.165) is 12.3 Å². The van der Waals surface area contributed by atoms with E-state index in [2.05, 4.69) is 10.4 Å². The summed E-state index contributed by atoms with van der Waals surface area (Å²) in [6.07, 6.45) is 7.05. The number of amidine groups is 1. The van der Waals surface area contributed by atoms with Crippen molar-refractivity contribution in [3.63, 3.8) is 0 Å². The molecule has 1 fully saturated rings. The van der Waals surface area contributed by atoms with Crippen molar-refractivity contribution in [3.05, 3.63) is 0 Å². The van der Waals surface area contributed by atoms with Gasteiger partial charge in [-0.2, -0.15) is 0 Å². The van der Waals surface area contributed by atoms with E-state index in [-0.39, 0.29) is 5.60 Å². The number of nitrogens with two attached hydrogens (primary N) is 1. The van der Waals surface area contributed by atoms with Crippen molar-refractivity contribution >= 4 is 5.84 Å². The molecule has 3 N–H and O–H groups in total. The Morgan fingerprint density at radius 2 is 2.00 bits per heavy atom. The number of nitrogens with zero attached hydrogens (tertiary/aromatic N) is 1. The molecular weight excluding hydrogens is 202 g/mol. The van der Waals surface area contributed by atoms with Crippen LogP contribution in [-0.2, 0) is 4.74 Å². The van der Waals surface area contributed by atoms with Gasteiger partial charge in [0.2, 0.25) is 0 Å². The molecule has 0 radical (unpaired) electrons. The van der Waals surface area contributed by atoms with E-state index in [1.807, 2.05) is 13.8 Å². The summed E-state index contributed by atoms with van der Waals surface area (Å²) in [6.45, 7) is 4.08. The van der Waals surface area contributed by atoms with Crippen LogP contribution in [-0.4, -0.2) is 24.6 Å². The van der Waals surface area contributed by atoms with Crippen LogP contribution in [0.2, 0.25) is 0 Å². The first-order chi connectivity index (χ1) is 7.57. The van der Waals surface area contributed by atoms with Crippen molar-refractivity contribution < 1.29 is 4.74 Å². The SMILES string of the molecule is COC(C)(C)CC(=NC1CCCCC1)NN. The number of ether oxygens (including phenoxy) is 1. The van der Waals surface area contributed by atoms with Crippen LogP contribution in [0.4, 0.5) is 0 Å². The minimum absolute atomic E-state index is 0.208. The summed E-state index contributed by atoms with van der Waals surface area (Å²) < 4.78 is 5.38. The molecule has 0 saturated heterocycles. The fourth-order valence-corrected chi connectivity index (χ4v) is 2.04. The first kappa shape index (κ1) is 13.5. The molecular formula is C12H25N3O. The molecule has 4 heteroatoms. The number of rotatable bonds is 4. The Labute approximate surface area is 98.6 Å². The van der Waals surface area contributed by atoms with Crippen LogP contribution in [0.1, 0.15) is 52.4 Å². The molecule has 94 valence electrons. The zero-order valence-corrected chi connectivity index (χ0v) is 10.8. The van der Waals surface area contributed by atoms with Crippen LogP contribution >= 0.6 is 0 Å². The molecule has 1 aliphatic carbocycles. The van der Waals surface area contributed by atoms with Gasteiger partial charge in [0.15, 0.2) is 0 Å². The predicted octanol–water partition coefficient (Wildman–Crippen LogP) is 2.00. The van der Waals surface area contributed by atoms with Crippen LogP contribution < -0.4 is 11.3 Å². The largest absolute Gasteiger partial charge is 0.378 e. The molecule has 0 aromatic rings. The first-order valence-electron chi connectivity index (χ1n) is 6.16. The standard InChI is InChI=1S/C12H25N3O/c1-12(2,16-3)9-11(15-13)14-10-7-5-4-6-8-10/h10H,4-9,13H2,1-3H3,(H,14,15). The van der Waals surface area contributed by atoms with Gasteiger partial charge < -0.3 is 10.2 Å². The molecule has 0 aliphatic heterocycles. The molecule has 0 heterocycles. The molecule has 1 rings (SSSR count). The number of methoxy groups -OCH3 is 1. The van der Waals surface area contributed by atoms with Crippen molar-refractivity contribution in [1.82, 2.24) is 5.43 Å². The molecule has 1 saturated carbocycles. The summed E-state index contributed by atoms with van der Waals surface area (Å²) in [4.78, 5) is 4.69. The molecule has 4 nitrogen and oxygen atoms in total. The van der Waals surface area contributed by atoms with Crippen molar-refractivity contribution in [2.24, 2.45) is 10.8 Å². The minimum Gasteiger partial charge on any atom is -0.378 e. The third-order valence-corrected chi connectivity index (χ3v) is 3.23. The second kappa shape index (κ2) is 6.21. The van der Waals surface area contributed by atoms with Gasteiger partial charge in [0, 0.05) is 13.5 Å². The average molecular weight is 227 g/mol. The second-order valence-electron chi connectivity index (χ2n) is 5.15. The summed E-state index contributed by atoms with van der Waals surface area (Å²) in [5.74, 6) is 6.38. The van der Waals surface area contributed by atoms with Gasteiger partial charge in [-0.05, 0) is 26.7 Å². The lowest BCUT2D eigenvalue weighted by Gasteiger charge is -2.25. The van der Waals surface area contributed by atoms with Crippen LogP contribution in [0.15, 0.2) is 4.99 Å². The Balaban J connectivity index is 2.54. The summed E-state index contributed by atoms with van der Waals surface area (Å²) in [7, 11) is 1.72.